The van der Waals surface area contributed by atoms with Crippen molar-refractivity contribution in [1.29, 1.82) is 0 Å². The number of pyridine rings is 1. The highest BCUT2D eigenvalue weighted by atomic mass is 79.9. The molecule has 2 rings (SSSR count). The lowest BCUT2D eigenvalue weighted by Gasteiger charge is -2.37. The molecule has 1 saturated heterocycles. The van der Waals surface area contributed by atoms with Crippen LogP contribution in [0, 0.1) is 6.92 Å². The van der Waals surface area contributed by atoms with E-state index in [1.165, 1.54) is 5.56 Å². The summed E-state index contributed by atoms with van der Waals surface area (Å²) in [5.41, 5.74) is 1.22. The van der Waals surface area contributed by atoms with Gasteiger partial charge in [0.25, 0.3) is 0 Å². The first-order valence-corrected chi connectivity index (χ1v) is 6.37. The van der Waals surface area contributed by atoms with Crippen LogP contribution in [0.25, 0.3) is 0 Å². The second kappa shape index (κ2) is 4.72. The van der Waals surface area contributed by atoms with E-state index < -0.39 is 0 Å². The summed E-state index contributed by atoms with van der Waals surface area (Å²) in [5, 5.41) is 0. The van der Waals surface area contributed by atoms with E-state index in [0.717, 1.165) is 23.4 Å². The van der Waals surface area contributed by atoms with Crippen molar-refractivity contribution >= 4 is 21.7 Å². The summed E-state index contributed by atoms with van der Waals surface area (Å²) in [6.07, 6.45) is 2.15. The van der Waals surface area contributed by atoms with E-state index in [4.69, 9.17) is 4.74 Å². The van der Waals surface area contributed by atoms with Gasteiger partial charge in [-0.15, -0.1) is 0 Å². The topological polar surface area (TPSA) is 25.4 Å². The highest BCUT2D eigenvalue weighted by Crippen LogP contribution is 2.23. The first-order chi connectivity index (χ1) is 7.58. The molecule has 0 aliphatic carbocycles. The van der Waals surface area contributed by atoms with Crippen molar-refractivity contribution < 1.29 is 4.74 Å². The Kier molecular flexibility index (Phi) is 3.50. The van der Waals surface area contributed by atoms with Gasteiger partial charge in [-0.25, -0.2) is 4.98 Å². The molecule has 16 heavy (non-hydrogen) atoms. The first-order valence-electron chi connectivity index (χ1n) is 5.58. The molecule has 0 bridgehead atoms. The molecule has 0 saturated carbocycles. The van der Waals surface area contributed by atoms with Crippen LogP contribution in [0.3, 0.4) is 0 Å². The van der Waals surface area contributed by atoms with E-state index in [1.807, 2.05) is 6.20 Å². The van der Waals surface area contributed by atoms with Crippen LogP contribution in [0.5, 0.6) is 0 Å². The average Bonchev–Trinajstić information content (AvgIpc) is 2.26. The van der Waals surface area contributed by atoms with Crippen LogP contribution in [-0.4, -0.2) is 30.3 Å². The second-order valence-electron chi connectivity index (χ2n) is 4.44. The zero-order valence-corrected chi connectivity index (χ0v) is 11.5. The van der Waals surface area contributed by atoms with E-state index in [1.54, 1.807) is 0 Å². The lowest BCUT2D eigenvalue weighted by molar-refractivity contribution is 0.0340. The van der Waals surface area contributed by atoms with Crippen LogP contribution in [0.4, 0.5) is 5.82 Å². The molecule has 2 unspecified atom stereocenters. The molecule has 1 aliphatic rings. The molecule has 2 heterocycles. The summed E-state index contributed by atoms with van der Waals surface area (Å²) in [6.45, 7) is 8.05. The largest absolute Gasteiger partial charge is 0.375 e. The maximum Gasteiger partial charge on any atom is 0.129 e. The summed E-state index contributed by atoms with van der Waals surface area (Å²) in [5.74, 6) is 1.04. The number of morpholine rings is 1. The molecule has 1 aliphatic heterocycles. The van der Waals surface area contributed by atoms with Crippen molar-refractivity contribution in [3.8, 4) is 0 Å². The molecule has 0 amide bonds. The molecule has 3 nitrogen and oxygen atoms in total. The maximum absolute atomic E-state index is 5.62. The van der Waals surface area contributed by atoms with Gasteiger partial charge in [-0.3, -0.25) is 0 Å². The highest BCUT2D eigenvalue weighted by molar-refractivity contribution is 9.10. The number of aromatic nitrogens is 1. The van der Waals surface area contributed by atoms with Gasteiger partial charge in [-0.1, -0.05) is 0 Å². The minimum absolute atomic E-state index is 0.280. The predicted molar refractivity (Wildman–Crippen MR) is 68.9 cm³/mol. The van der Waals surface area contributed by atoms with Crippen LogP contribution in [0.2, 0.25) is 0 Å². The Bertz CT molecular complexity index is 383. The number of hydrogen-bond acceptors (Lipinski definition) is 3. The Morgan fingerprint density at radius 1 is 1.50 bits per heavy atom. The lowest BCUT2D eigenvalue weighted by Crippen LogP contribution is -2.47. The number of halogens is 1. The molecule has 88 valence electrons. The Morgan fingerprint density at radius 2 is 2.25 bits per heavy atom. The smallest absolute Gasteiger partial charge is 0.129 e. The summed E-state index contributed by atoms with van der Waals surface area (Å²) >= 11 is 3.47. The molecule has 0 radical (unpaired) electrons. The number of ether oxygens (including phenoxy) is 1. The van der Waals surface area contributed by atoms with Crippen molar-refractivity contribution in [3.63, 3.8) is 0 Å². The number of aryl methyl sites for hydroxylation is 1. The zero-order valence-electron chi connectivity index (χ0n) is 9.90. The minimum Gasteiger partial charge on any atom is -0.375 e. The standard InChI is InChI=1S/C12H17BrN2O/c1-8-4-12(14-5-11(8)13)15-6-10(3)16-7-9(15)2/h4-5,9-10H,6-7H2,1-3H3. The van der Waals surface area contributed by atoms with Gasteiger partial charge in [0.05, 0.1) is 18.8 Å². The third-order valence-electron chi connectivity index (χ3n) is 2.93. The van der Waals surface area contributed by atoms with Crippen LogP contribution >= 0.6 is 15.9 Å². The Labute approximate surface area is 105 Å². The number of rotatable bonds is 1. The van der Waals surface area contributed by atoms with Gasteiger partial charge in [0.1, 0.15) is 5.82 Å². The van der Waals surface area contributed by atoms with Crippen molar-refractivity contribution in [2.45, 2.75) is 32.9 Å². The number of nitrogens with zero attached hydrogens (tertiary/aromatic N) is 2. The Balaban J connectivity index is 2.24. The molecular formula is C12H17BrN2O. The molecule has 4 heteroatoms. The first kappa shape index (κ1) is 11.9. The molecular weight excluding hydrogens is 268 g/mol. The second-order valence-corrected chi connectivity index (χ2v) is 5.29. The van der Waals surface area contributed by atoms with Crippen molar-refractivity contribution in [2.24, 2.45) is 0 Å². The predicted octanol–water partition coefficient (Wildman–Crippen LogP) is 2.77. The summed E-state index contributed by atoms with van der Waals surface area (Å²) in [6, 6.07) is 2.52. The van der Waals surface area contributed by atoms with E-state index >= 15 is 0 Å². The molecule has 2 atom stereocenters. The summed E-state index contributed by atoms with van der Waals surface area (Å²) in [4.78, 5) is 6.78. The molecule has 0 N–H and O–H groups in total. The van der Waals surface area contributed by atoms with E-state index in [2.05, 4.69) is 52.7 Å². The molecule has 0 aromatic carbocycles. The van der Waals surface area contributed by atoms with Crippen molar-refractivity contribution in [1.82, 2.24) is 4.98 Å². The third-order valence-corrected chi connectivity index (χ3v) is 3.76. The quantitative estimate of drug-likeness (QED) is 0.793. The van der Waals surface area contributed by atoms with Crippen LogP contribution < -0.4 is 4.90 Å². The fourth-order valence-electron chi connectivity index (χ4n) is 1.90. The fraction of sp³-hybridized carbons (Fsp3) is 0.583. The fourth-order valence-corrected chi connectivity index (χ4v) is 2.12. The van der Waals surface area contributed by atoms with Gasteiger partial charge in [0.15, 0.2) is 0 Å². The summed E-state index contributed by atoms with van der Waals surface area (Å²) in [7, 11) is 0. The summed E-state index contributed by atoms with van der Waals surface area (Å²) < 4.78 is 6.68. The maximum atomic E-state index is 5.62. The van der Waals surface area contributed by atoms with Gasteiger partial charge in [-0.05, 0) is 48.3 Å². The number of anilines is 1. The minimum atomic E-state index is 0.280. The SMILES string of the molecule is Cc1cc(N2CC(C)OCC2C)ncc1Br. The lowest BCUT2D eigenvalue weighted by atomic mass is 10.2. The van der Waals surface area contributed by atoms with Gasteiger partial charge < -0.3 is 9.64 Å². The van der Waals surface area contributed by atoms with Gasteiger partial charge in [-0.2, -0.15) is 0 Å². The Hall–Kier alpha value is -0.610. The van der Waals surface area contributed by atoms with Gasteiger partial charge >= 0.3 is 0 Å². The zero-order chi connectivity index (χ0) is 11.7. The molecule has 1 aromatic rings. The molecule has 1 aromatic heterocycles. The van der Waals surface area contributed by atoms with Crippen LogP contribution in [0.1, 0.15) is 19.4 Å². The third kappa shape index (κ3) is 2.38. The van der Waals surface area contributed by atoms with E-state index in [0.29, 0.717) is 6.04 Å². The van der Waals surface area contributed by atoms with Crippen LogP contribution in [-0.2, 0) is 4.74 Å². The normalized spacial score (nSPS) is 25.9. The average molecular weight is 285 g/mol. The van der Waals surface area contributed by atoms with Crippen molar-refractivity contribution in [3.05, 3.63) is 22.3 Å². The molecule has 0 spiro atoms. The highest BCUT2D eigenvalue weighted by Gasteiger charge is 2.24. The van der Waals surface area contributed by atoms with E-state index in [9.17, 15) is 0 Å². The number of hydrogen-bond donors (Lipinski definition) is 0. The monoisotopic (exact) mass is 284 g/mol. The van der Waals surface area contributed by atoms with Gasteiger partial charge in [0, 0.05) is 17.2 Å². The van der Waals surface area contributed by atoms with Crippen molar-refractivity contribution in [2.75, 3.05) is 18.1 Å². The van der Waals surface area contributed by atoms with E-state index in [-0.39, 0.29) is 6.10 Å². The molecule has 1 fully saturated rings. The van der Waals surface area contributed by atoms with Crippen LogP contribution in [0.15, 0.2) is 16.7 Å². The Morgan fingerprint density at radius 3 is 2.94 bits per heavy atom. The van der Waals surface area contributed by atoms with Gasteiger partial charge in [0.2, 0.25) is 0 Å².